The standard InChI is InChI=1S/C17H27BrN2/c1-5-16-10-19-17(12(2)3)11-20(16)13(4)14-7-6-8-15(18)9-14/h6-9,12-13,16-17,19H,5,10-11H2,1-4H3. The minimum Gasteiger partial charge on any atom is -0.311 e. The highest BCUT2D eigenvalue weighted by molar-refractivity contribution is 9.10. The molecule has 3 unspecified atom stereocenters. The van der Waals surface area contributed by atoms with Gasteiger partial charge in [0.25, 0.3) is 0 Å². The van der Waals surface area contributed by atoms with Crippen LogP contribution in [-0.4, -0.2) is 30.1 Å². The SMILES string of the molecule is CCC1CNC(C(C)C)CN1C(C)c1cccc(Br)c1. The monoisotopic (exact) mass is 338 g/mol. The van der Waals surface area contributed by atoms with Crippen molar-refractivity contribution in [3.05, 3.63) is 34.3 Å². The predicted molar refractivity (Wildman–Crippen MR) is 90.0 cm³/mol. The van der Waals surface area contributed by atoms with Crippen molar-refractivity contribution in [2.75, 3.05) is 13.1 Å². The summed E-state index contributed by atoms with van der Waals surface area (Å²) < 4.78 is 1.17. The molecule has 2 nitrogen and oxygen atoms in total. The van der Waals surface area contributed by atoms with E-state index in [0.717, 1.165) is 13.1 Å². The van der Waals surface area contributed by atoms with Gasteiger partial charge >= 0.3 is 0 Å². The second kappa shape index (κ2) is 7.06. The molecule has 1 aliphatic heterocycles. The lowest BCUT2D eigenvalue weighted by molar-refractivity contribution is 0.0736. The second-order valence-corrected chi connectivity index (χ2v) is 7.16. The maximum atomic E-state index is 3.72. The van der Waals surface area contributed by atoms with E-state index in [2.05, 4.69) is 78.1 Å². The Balaban J connectivity index is 2.17. The molecule has 0 spiro atoms. The Morgan fingerprint density at radius 3 is 2.70 bits per heavy atom. The van der Waals surface area contributed by atoms with Crippen LogP contribution in [0, 0.1) is 5.92 Å². The first-order valence-electron chi connectivity index (χ1n) is 7.77. The summed E-state index contributed by atoms with van der Waals surface area (Å²) in [5.41, 5.74) is 1.40. The number of nitrogens with one attached hydrogen (secondary N) is 1. The summed E-state index contributed by atoms with van der Waals surface area (Å²) in [6.45, 7) is 11.5. The third-order valence-corrected chi connectivity index (χ3v) is 5.09. The summed E-state index contributed by atoms with van der Waals surface area (Å²) in [5, 5.41) is 3.72. The Labute approximate surface area is 132 Å². The summed E-state index contributed by atoms with van der Waals surface area (Å²) in [5.74, 6) is 0.685. The van der Waals surface area contributed by atoms with E-state index < -0.39 is 0 Å². The smallest absolute Gasteiger partial charge is 0.0324 e. The summed E-state index contributed by atoms with van der Waals surface area (Å²) >= 11 is 3.59. The maximum absolute atomic E-state index is 3.72. The second-order valence-electron chi connectivity index (χ2n) is 6.25. The molecule has 1 aromatic rings. The average Bonchev–Trinajstić information content (AvgIpc) is 2.45. The van der Waals surface area contributed by atoms with Crippen LogP contribution in [0.2, 0.25) is 0 Å². The number of rotatable bonds is 4. The lowest BCUT2D eigenvalue weighted by atomic mass is 9.95. The van der Waals surface area contributed by atoms with E-state index in [1.807, 2.05) is 0 Å². The van der Waals surface area contributed by atoms with E-state index in [1.54, 1.807) is 0 Å². The molecular formula is C17H27BrN2. The van der Waals surface area contributed by atoms with Crippen LogP contribution in [0.15, 0.2) is 28.7 Å². The van der Waals surface area contributed by atoms with Crippen LogP contribution in [0.4, 0.5) is 0 Å². The van der Waals surface area contributed by atoms with Gasteiger partial charge in [-0.25, -0.2) is 0 Å². The van der Waals surface area contributed by atoms with Crippen molar-refractivity contribution in [2.45, 2.75) is 52.2 Å². The molecule has 2 rings (SSSR count). The van der Waals surface area contributed by atoms with E-state index in [1.165, 1.54) is 16.5 Å². The molecule has 0 radical (unpaired) electrons. The molecular weight excluding hydrogens is 312 g/mol. The lowest BCUT2D eigenvalue weighted by Gasteiger charge is -2.45. The first-order valence-corrected chi connectivity index (χ1v) is 8.56. The van der Waals surface area contributed by atoms with Crippen LogP contribution in [-0.2, 0) is 0 Å². The number of nitrogens with zero attached hydrogens (tertiary/aromatic N) is 1. The van der Waals surface area contributed by atoms with E-state index in [4.69, 9.17) is 0 Å². The highest BCUT2D eigenvalue weighted by atomic mass is 79.9. The molecule has 0 aliphatic carbocycles. The van der Waals surface area contributed by atoms with Gasteiger partial charge in [-0.2, -0.15) is 0 Å². The third kappa shape index (κ3) is 3.63. The molecule has 0 saturated carbocycles. The molecule has 112 valence electrons. The Hall–Kier alpha value is -0.380. The van der Waals surface area contributed by atoms with Crippen molar-refractivity contribution >= 4 is 15.9 Å². The van der Waals surface area contributed by atoms with Crippen LogP contribution >= 0.6 is 15.9 Å². The number of piperazine rings is 1. The molecule has 20 heavy (non-hydrogen) atoms. The quantitative estimate of drug-likeness (QED) is 0.884. The third-order valence-electron chi connectivity index (χ3n) is 4.60. The highest BCUT2D eigenvalue weighted by Gasteiger charge is 2.31. The molecule has 1 fully saturated rings. The topological polar surface area (TPSA) is 15.3 Å². The maximum Gasteiger partial charge on any atom is 0.0324 e. The summed E-state index contributed by atoms with van der Waals surface area (Å²) in [6, 6.07) is 10.5. The molecule has 3 atom stereocenters. The van der Waals surface area contributed by atoms with Crippen LogP contribution < -0.4 is 5.32 Å². The Kier molecular flexibility index (Phi) is 5.65. The predicted octanol–water partition coefficient (Wildman–Crippen LogP) is 4.22. The number of halogens is 1. The van der Waals surface area contributed by atoms with Gasteiger partial charge < -0.3 is 5.32 Å². The minimum absolute atomic E-state index is 0.473. The van der Waals surface area contributed by atoms with E-state index in [9.17, 15) is 0 Å². The molecule has 1 aliphatic rings. The van der Waals surface area contributed by atoms with Gasteiger partial charge in [-0.15, -0.1) is 0 Å². The first kappa shape index (κ1) is 16.0. The van der Waals surface area contributed by atoms with E-state index in [-0.39, 0.29) is 0 Å². The van der Waals surface area contributed by atoms with Crippen LogP contribution in [0.3, 0.4) is 0 Å². The zero-order chi connectivity index (χ0) is 14.7. The van der Waals surface area contributed by atoms with Crippen molar-refractivity contribution < 1.29 is 0 Å². The van der Waals surface area contributed by atoms with Crippen molar-refractivity contribution in [1.82, 2.24) is 10.2 Å². The van der Waals surface area contributed by atoms with Crippen molar-refractivity contribution in [3.8, 4) is 0 Å². The fourth-order valence-electron chi connectivity index (χ4n) is 3.10. The van der Waals surface area contributed by atoms with Gasteiger partial charge in [-0.3, -0.25) is 4.90 Å². The molecule has 0 bridgehead atoms. The summed E-state index contributed by atoms with van der Waals surface area (Å²) in [4.78, 5) is 2.68. The Morgan fingerprint density at radius 2 is 2.10 bits per heavy atom. The summed E-state index contributed by atoms with van der Waals surface area (Å²) in [7, 11) is 0. The van der Waals surface area contributed by atoms with Gasteiger partial charge in [0.05, 0.1) is 0 Å². The molecule has 0 aromatic heterocycles. The minimum atomic E-state index is 0.473. The number of benzene rings is 1. The first-order chi connectivity index (χ1) is 9.52. The molecule has 1 heterocycles. The van der Waals surface area contributed by atoms with Crippen LogP contribution in [0.25, 0.3) is 0 Å². The Morgan fingerprint density at radius 1 is 1.35 bits per heavy atom. The lowest BCUT2D eigenvalue weighted by Crippen LogP contribution is -2.58. The van der Waals surface area contributed by atoms with Crippen LogP contribution in [0.1, 0.15) is 45.7 Å². The van der Waals surface area contributed by atoms with Gasteiger partial charge in [0.1, 0.15) is 0 Å². The Bertz CT molecular complexity index is 433. The van der Waals surface area contributed by atoms with Gasteiger partial charge in [-0.05, 0) is 37.0 Å². The largest absolute Gasteiger partial charge is 0.311 e. The fraction of sp³-hybridized carbons (Fsp3) is 0.647. The zero-order valence-corrected chi connectivity index (χ0v) is 14.7. The number of hydrogen-bond donors (Lipinski definition) is 1. The molecule has 1 N–H and O–H groups in total. The van der Waals surface area contributed by atoms with Gasteiger partial charge in [0.15, 0.2) is 0 Å². The molecule has 1 saturated heterocycles. The average molecular weight is 339 g/mol. The van der Waals surface area contributed by atoms with Crippen molar-refractivity contribution in [3.63, 3.8) is 0 Å². The van der Waals surface area contributed by atoms with Gasteiger partial charge in [0, 0.05) is 35.7 Å². The normalized spacial score (nSPS) is 25.9. The molecule has 3 heteroatoms. The summed E-state index contributed by atoms with van der Waals surface area (Å²) in [6.07, 6.45) is 1.20. The van der Waals surface area contributed by atoms with Gasteiger partial charge in [0.2, 0.25) is 0 Å². The van der Waals surface area contributed by atoms with Gasteiger partial charge in [-0.1, -0.05) is 48.8 Å². The van der Waals surface area contributed by atoms with Crippen molar-refractivity contribution in [1.29, 1.82) is 0 Å². The van der Waals surface area contributed by atoms with E-state index >= 15 is 0 Å². The van der Waals surface area contributed by atoms with E-state index in [0.29, 0.717) is 24.0 Å². The highest BCUT2D eigenvalue weighted by Crippen LogP contribution is 2.28. The molecule has 0 amide bonds. The fourth-order valence-corrected chi connectivity index (χ4v) is 3.52. The number of hydrogen-bond acceptors (Lipinski definition) is 2. The van der Waals surface area contributed by atoms with Crippen LogP contribution in [0.5, 0.6) is 0 Å². The molecule has 1 aromatic carbocycles. The zero-order valence-electron chi connectivity index (χ0n) is 13.1. The van der Waals surface area contributed by atoms with Crippen molar-refractivity contribution in [2.24, 2.45) is 5.92 Å².